The van der Waals surface area contributed by atoms with Gasteiger partial charge in [-0.15, -0.1) is 0 Å². The van der Waals surface area contributed by atoms with E-state index < -0.39 is 11.7 Å². The SMILES string of the molecule is NC(=O)OCCNc1nc[nH]c(=O)c1N. The number of rotatable bonds is 4. The van der Waals surface area contributed by atoms with E-state index in [2.05, 4.69) is 20.0 Å². The molecule has 0 unspecified atom stereocenters. The number of anilines is 2. The van der Waals surface area contributed by atoms with E-state index >= 15 is 0 Å². The zero-order valence-corrected chi connectivity index (χ0v) is 7.82. The topological polar surface area (TPSA) is 136 Å². The summed E-state index contributed by atoms with van der Waals surface area (Å²) in [5, 5.41) is 2.72. The van der Waals surface area contributed by atoms with E-state index in [0.717, 1.165) is 0 Å². The lowest BCUT2D eigenvalue weighted by Gasteiger charge is -2.06. The quantitative estimate of drug-likeness (QED) is 0.466. The summed E-state index contributed by atoms with van der Waals surface area (Å²) in [5.41, 5.74) is 9.72. The van der Waals surface area contributed by atoms with Crippen LogP contribution < -0.4 is 22.3 Å². The van der Waals surface area contributed by atoms with Crippen molar-refractivity contribution in [3.8, 4) is 0 Å². The Balaban J connectivity index is 2.48. The van der Waals surface area contributed by atoms with Crippen molar-refractivity contribution in [3.05, 3.63) is 16.7 Å². The highest BCUT2D eigenvalue weighted by Gasteiger charge is 2.03. The van der Waals surface area contributed by atoms with Gasteiger partial charge in [-0.2, -0.15) is 0 Å². The van der Waals surface area contributed by atoms with Gasteiger partial charge in [0, 0.05) is 0 Å². The molecule has 0 bridgehead atoms. The Hall–Kier alpha value is -2.25. The highest BCUT2D eigenvalue weighted by molar-refractivity contribution is 5.64. The number of amides is 1. The Morgan fingerprint density at radius 1 is 1.67 bits per heavy atom. The Labute approximate surface area is 84.6 Å². The maximum atomic E-state index is 11.0. The van der Waals surface area contributed by atoms with Gasteiger partial charge in [-0.05, 0) is 0 Å². The first-order valence-electron chi connectivity index (χ1n) is 4.10. The number of H-pyrrole nitrogens is 1. The Morgan fingerprint density at radius 2 is 2.40 bits per heavy atom. The molecule has 0 aliphatic carbocycles. The van der Waals surface area contributed by atoms with E-state index in [1.165, 1.54) is 6.33 Å². The molecule has 1 aromatic heterocycles. The molecule has 0 spiro atoms. The molecule has 1 aromatic rings. The van der Waals surface area contributed by atoms with Crippen molar-refractivity contribution in [3.63, 3.8) is 0 Å². The van der Waals surface area contributed by atoms with E-state index in [9.17, 15) is 9.59 Å². The fraction of sp³-hybridized carbons (Fsp3) is 0.286. The average Bonchev–Trinajstić information content (AvgIpc) is 2.18. The normalized spacial score (nSPS) is 9.60. The second-order valence-corrected chi connectivity index (χ2v) is 2.59. The highest BCUT2D eigenvalue weighted by atomic mass is 16.5. The summed E-state index contributed by atoms with van der Waals surface area (Å²) >= 11 is 0. The molecule has 1 amide bonds. The lowest BCUT2D eigenvalue weighted by atomic mass is 10.4. The zero-order chi connectivity index (χ0) is 11.3. The number of nitrogen functional groups attached to an aromatic ring is 1. The molecular formula is C7H11N5O3. The lowest BCUT2D eigenvalue weighted by molar-refractivity contribution is 0.161. The van der Waals surface area contributed by atoms with Gasteiger partial charge in [-0.25, -0.2) is 9.78 Å². The van der Waals surface area contributed by atoms with E-state index in [4.69, 9.17) is 11.5 Å². The van der Waals surface area contributed by atoms with Gasteiger partial charge in [0.1, 0.15) is 12.3 Å². The van der Waals surface area contributed by atoms with Gasteiger partial charge >= 0.3 is 6.09 Å². The van der Waals surface area contributed by atoms with E-state index in [-0.39, 0.29) is 24.7 Å². The monoisotopic (exact) mass is 213 g/mol. The smallest absolute Gasteiger partial charge is 0.404 e. The molecule has 15 heavy (non-hydrogen) atoms. The molecular weight excluding hydrogens is 202 g/mol. The van der Waals surface area contributed by atoms with Crippen LogP contribution in [0, 0.1) is 0 Å². The van der Waals surface area contributed by atoms with Crippen molar-refractivity contribution in [1.29, 1.82) is 0 Å². The number of nitrogens with two attached hydrogens (primary N) is 2. The first-order valence-corrected chi connectivity index (χ1v) is 4.10. The van der Waals surface area contributed by atoms with Gasteiger partial charge in [-0.1, -0.05) is 0 Å². The minimum Gasteiger partial charge on any atom is -0.448 e. The van der Waals surface area contributed by atoms with Crippen LogP contribution in [0.4, 0.5) is 16.3 Å². The van der Waals surface area contributed by atoms with Crippen LogP contribution in [0.25, 0.3) is 0 Å². The number of hydrogen-bond acceptors (Lipinski definition) is 6. The maximum absolute atomic E-state index is 11.0. The second kappa shape index (κ2) is 4.84. The van der Waals surface area contributed by atoms with Gasteiger partial charge in [-0.3, -0.25) is 4.79 Å². The summed E-state index contributed by atoms with van der Waals surface area (Å²) in [7, 11) is 0. The van der Waals surface area contributed by atoms with Gasteiger partial charge in [0.15, 0.2) is 5.82 Å². The zero-order valence-electron chi connectivity index (χ0n) is 7.82. The van der Waals surface area contributed by atoms with Gasteiger partial charge in [0.05, 0.1) is 12.9 Å². The van der Waals surface area contributed by atoms with Crippen molar-refractivity contribution in [2.24, 2.45) is 5.73 Å². The van der Waals surface area contributed by atoms with Crippen LogP contribution in [0.3, 0.4) is 0 Å². The molecule has 8 heteroatoms. The molecule has 0 atom stereocenters. The number of hydrogen-bond donors (Lipinski definition) is 4. The van der Waals surface area contributed by atoms with Crippen molar-refractivity contribution in [1.82, 2.24) is 9.97 Å². The Kier molecular flexibility index (Phi) is 3.49. The third kappa shape index (κ3) is 3.18. The summed E-state index contributed by atoms with van der Waals surface area (Å²) < 4.78 is 4.46. The average molecular weight is 213 g/mol. The number of aromatic amines is 1. The second-order valence-electron chi connectivity index (χ2n) is 2.59. The van der Waals surface area contributed by atoms with Crippen molar-refractivity contribution in [2.45, 2.75) is 0 Å². The molecule has 0 aliphatic heterocycles. The number of carbonyl (C=O) groups excluding carboxylic acids is 1. The minimum absolute atomic E-state index is 0.0171. The van der Waals surface area contributed by atoms with E-state index in [1.807, 2.05) is 0 Å². The molecule has 6 N–H and O–H groups in total. The van der Waals surface area contributed by atoms with Crippen LogP contribution in [0.15, 0.2) is 11.1 Å². The lowest BCUT2D eigenvalue weighted by Crippen LogP contribution is -2.21. The first kappa shape index (κ1) is 10.8. The van der Waals surface area contributed by atoms with Crippen LogP contribution in [0.5, 0.6) is 0 Å². The first-order chi connectivity index (χ1) is 7.11. The van der Waals surface area contributed by atoms with Crippen LogP contribution in [-0.4, -0.2) is 29.2 Å². The molecule has 1 heterocycles. The number of aromatic nitrogens is 2. The maximum Gasteiger partial charge on any atom is 0.404 e. The third-order valence-electron chi connectivity index (χ3n) is 1.53. The van der Waals surface area contributed by atoms with Crippen molar-refractivity contribution < 1.29 is 9.53 Å². The Bertz CT molecular complexity index is 402. The molecule has 0 aliphatic rings. The number of nitrogens with zero attached hydrogens (tertiary/aromatic N) is 1. The molecule has 0 aromatic carbocycles. The van der Waals surface area contributed by atoms with Gasteiger partial charge < -0.3 is 26.5 Å². The van der Waals surface area contributed by atoms with Crippen LogP contribution in [0.1, 0.15) is 0 Å². The highest BCUT2D eigenvalue weighted by Crippen LogP contribution is 2.05. The number of primary amides is 1. The summed E-state index contributed by atoms with van der Waals surface area (Å²) in [6.45, 7) is 0.340. The summed E-state index contributed by atoms with van der Waals surface area (Å²) in [6.07, 6.45) is 0.360. The van der Waals surface area contributed by atoms with Crippen molar-refractivity contribution >= 4 is 17.6 Å². The van der Waals surface area contributed by atoms with Crippen LogP contribution >= 0.6 is 0 Å². The van der Waals surface area contributed by atoms with E-state index in [0.29, 0.717) is 0 Å². The number of nitrogens with one attached hydrogen (secondary N) is 2. The third-order valence-corrected chi connectivity index (χ3v) is 1.53. The summed E-state index contributed by atoms with van der Waals surface area (Å²) in [4.78, 5) is 27.3. The number of ether oxygens (including phenoxy) is 1. The fourth-order valence-corrected chi connectivity index (χ4v) is 0.872. The minimum atomic E-state index is -0.858. The van der Waals surface area contributed by atoms with Crippen LogP contribution in [-0.2, 0) is 4.74 Å². The molecule has 0 saturated carbocycles. The fourth-order valence-electron chi connectivity index (χ4n) is 0.872. The standard InChI is InChI=1S/C7H11N5O3/c8-4-5(11-3-12-6(4)13)10-1-2-15-7(9)14/h3H,1-2,8H2,(H2,9,14)(H2,10,11,12,13). The predicted molar refractivity (Wildman–Crippen MR) is 53.3 cm³/mol. The summed E-state index contributed by atoms with van der Waals surface area (Å²) in [5.74, 6) is 0.242. The summed E-state index contributed by atoms with van der Waals surface area (Å²) in [6, 6.07) is 0. The molecule has 0 fully saturated rings. The number of carbonyl (C=O) groups is 1. The molecule has 0 radical (unpaired) electrons. The van der Waals surface area contributed by atoms with Crippen LogP contribution in [0.2, 0.25) is 0 Å². The van der Waals surface area contributed by atoms with E-state index in [1.54, 1.807) is 0 Å². The molecule has 82 valence electrons. The largest absolute Gasteiger partial charge is 0.448 e. The van der Waals surface area contributed by atoms with Crippen molar-refractivity contribution in [2.75, 3.05) is 24.2 Å². The Morgan fingerprint density at radius 3 is 3.07 bits per heavy atom. The van der Waals surface area contributed by atoms with Gasteiger partial charge in [0.2, 0.25) is 0 Å². The van der Waals surface area contributed by atoms with Gasteiger partial charge in [0.25, 0.3) is 5.56 Å². The molecule has 8 nitrogen and oxygen atoms in total. The molecule has 1 rings (SSSR count). The predicted octanol–water partition coefficient (Wildman–Crippen LogP) is -1.14. The molecule has 0 saturated heterocycles.